The lowest BCUT2D eigenvalue weighted by Crippen LogP contribution is -2.45. The molecule has 1 atom stereocenters. The quantitative estimate of drug-likeness (QED) is 0.902. The lowest BCUT2D eigenvalue weighted by molar-refractivity contribution is -0.141. The fraction of sp³-hybridized carbons (Fsp3) is 0.571. The number of hydrogen-bond acceptors (Lipinski definition) is 4. The lowest BCUT2D eigenvalue weighted by Gasteiger charge is -2.26. The fourth-order valence-electron chi connectivity index (χ4n) is 2.06. The zero-order valence-electron chi connectivity index (χ0n) is 12.2. The van der Waals surface area contributed by atoms with Crippen LogP contribution in [0.1, 0.15) is 55.8 Å². The normalized spacial score (nSPS) is 15.9. The van der Waals surface area contributed by atoms with Crippen LogP contribution < -0.4 is 0 Å². The van der Waals surface area contributed by atoms with Crippen molar-refractivity contribution in [2.24, 2.45) is 0 Å². The number of carbonyl (C=O) groups excluding carboxylic acids is 1. The maximum Gasteiger partial charge on any atom is 0.326 e. The molecule has 7 heteroatoms. The third kappa shape index (κ3) is 3.32. The number of aliphatic carboxylic acids is 1. The second kappa shape index (κ2) is 5.97. The van der Waals surface area contributed by atoms with Gasteiger partial charge in [-0.2, -0.15) is 0 Å². The lowest BCUT2D eigenvalue weighted by atomic mass is 10.2. The summed E-state index contributed by atoms with van der Waals surface area (Å²) in [7, 11) is 0. The van der Waals surface area contributed by atoms with Crippen LogP contribution >= 0.6 is 11.6 Å². The maximum atomic E-state index is 12.7. The van der Waals surface area contributed by atoms with Crippen LogP contribution in [0.4, 0.5) is 0 Å². The molecule has 21 heavy (non-hydrogen) atoms. The summed E-state index contributed by atoms with van der Waals surface area (Å²) >= 11 is 6.03. The smallest absolute Gasteiger partial charge is 0.326 e. The highest BCUT2D eigenvalue weighted by Gasteiger charge is 2.40. The Labute approximate surface area is 128 Å². The Morgan fingerprint density at radius 2 is 2.00 bits per heavy atom. The van der Waals surface area contributed by atoms with E-state index in [0.717, 1.165) is 12.8 Å². The van der Waals surface area contributed by atoms with Crippen molar-refractivity contribution in [2.75, 3.05) is 0 Å². The minimum Gasteiger partial charge on any atom is -0.480 e. The van der Waals surface area contributed by atoms with Crippen molar-refractivity contribution in [3.63, 3.8) is 0 Å². The third-order valence-electron chi connectivity index (χ3n) is 3.43. The molecule has 0 radical (unpaired) electrons. The molecule has 1 fully saturated rings. The van der Waals surface area contributed by atoms with Gasteiger partial charge < -0.3 is 10.0 Å². The molecule has 6 nitrogen and oxygen atoms in total. The minimum absolute atomic E-state index is 0.0443. The molecule has 1 aliphatic carbocycles. The van der Waals surface area contributed by atoms with E-state index in [1.165, 1.54) is 18.0 Å². The Morgan fingerprint density at radius 1 is 1.38 bits per heavy atom. The van der Waals surface area contributed by atoms with E-state index in [2.05, 4.69) is 9.97 Å². The highest BCUT2D eigenvalue weighted by atomic mass is 35.5. The molecule has 1 unspecified atom stereocenters. The van der Waals surface area contributed by atoms with Crippen LogP contribution in [0.2, 0.25) is 5.02 Å². The summed E-state index contributed by atoms with van der Waals surface area (Å²) in [6.07, 6.45) is 3.01. The van der Waals surface area contributed by atoms with Crippen LogP contribution in [0.15, 0.2) is 6.20 Å². The molecule has 0 bridgehead atoms. The van der Waals surface area contributed by atoms with Crippen LogP contribution in [0.25, 0.3) is 0 Å². The Morgan fingerprint density at radius 3 is 2.48 bits per heavy atom. The van der Waals surface area contributed by atoms with Crippen molar-refractivity contribution in [2.45, 2.75) is 51.6 Å². The van der Waals surface area contributed by atoms with Crippen molar-refractivity contribution in [1.82, 2.24) is 14.9 Å². The monoisotopic (exact) mass is 311 g/mol. The fourth-order valence-corrected chi connectivity index (χ4v) is 2.23. The average Bonchev–Trinajstić information content (AvgIpc) is 3.23. The van der Waals surface area contributed by atoms with E-state index >= 15 is 0 Å². The van der Waals surface area contributed by atoms with Gasteiger partial charge in [-0.05, 0) is 19.8 Å². The van der Waals surface area contributed by atoms with E-state index in [0.29, 0.717) is 5.82 Å². The molecule has 1 amide bonds. The van der Waals surface area contributed by atoms with E-state index in [9.17, 15) is 14.7 Å². The number of carboxylic acid groups (broad SMARTS) is 1. The third-order valence-corrected chi connectivity index (χ3v) is 3.71. The van der Waals surface area contributed by atoms with Gasteiger partial charge in [0.25, 0.3) is 5.91 Å². The summed E-state index contributed by atoms with van der Waals surface area (Å²) < 4.78 is 0. The Hall–Kier alpha value is -1.69. The van der Waals surface area contributed by atoms with Gasteiger partial charge in [0.15, 0.2) is 5.69 Å². The second-order valence-electron chi connectivity index (χ2n) is 5.54. The molecule has 1 saturated carbocycles. The van der Waals surface area contributed by atoms with E-state index < -0.39 is 17.9 Å². The summed E-state index contributed by atoms with van der Waals surface area (Å²) in [5, 5.41) is 9.32. The van der Waals surface area contributed by atoms with Gasteiger partial charge in [-0.25, -0.2) is 14.8 Å². The summed E-state index contributed by atoms with van der Waals surface area (Å²) in [6.45, 7) is 5.32. The first kappa shape index (κ1) is 15.7. The summed E-state index contributed by atoms with van der Waals surface area (Å²) in [5.41, 5.74) is 0.0790. The van der Waals surface area contributed by atoms with Gasteiger partial charge in [-0.3, -0.25) is 4.79 Å². The highest BCUT2D eigenvalue weighted by molar-refractivity contribution is 6.33. The van der Waals surface area contributed by atoms with Crippen molar-refractivity contribution >= 4 is 23.5 Å². The summed E-state index contributed by atoms with van der Waals surface area (Å²) in [5.74, 6) is -0.909. The zero-order valence-corrected chi connectivity index (χ0v) is 13.0. The number of carbonyl (C=O) groups is 2. The predicted molar refractivity (Wildman–Crippen MR) is 77.4 cm³/mol. The van der Waals surface area contributed by atoms with Crippen LogP contribution in [0.5, 0.6) is 0 Å². The standard InChI is InChI=1S/C14H18ClN3O3/c1-7(2)12-16-6-10(15)11(17-12)13(19)18(9-4-5-9)8(3)14(20)21/h6-9H,4-5H2,1-3H3,(H,20,21). The van der Waals surface area contributed by atoms with Crippen LogP contribution in [-0.4, -0.2) is 43.9 Å². The van der Waals surface area contributed by atoms with E-state index in [-0.39, 0.29) is 22.7 Å². The molecule has 0 aliphatic heterocycles. The molecule has 1 heterocycles. The maximum absolute atomic E-state index is 12.7. The van der Waals surface area contributed by atoms with Gasteiger partial charge in [-0.1, -0.05) is 25.4 Å². The molecule has 0 aromatic carbocycles. The second-order valence-corrected chi connectivity index (χ2v) is 5.94. The topological polar surface area (TPSA) is 83.4 Å². The van der Waals surface area contributed by atoms with Crippen LogP contribution in [-0.2, 0) is 4.79 Å². The van der Waals surface area contributed by atoms with E-state index in [4.69, 9.17) is 11.6 Å². The Bertz CT molecular complexity index is 573. The number of hydrogen-bond donors (Lipinski definition) is 1. The number of carboxylic acids is 1. The van der Waals surface area contributed by atoms with Crippen molar-refractivity contribution in [1.29, 1.82) is 0 Å². The van der Waals surface area contributed by atoms with Crippen molar-refractivity contribution < 1.29 is 14.7 Å². The molecule has 2 rings (SSSR count). The molecular weight excluding hydrogens is 294 g/mol. The number of amides is 1. The Kier molecular flexibility index (Phi) is 4.46. The van der Waals surface area contributed by atoms with Crippen LogP contribution in [0, 0.1) is 0 Å². The van der Waals surface area contributed by atoms with Gasteiger partial charge in [0.05, 0.1) is 11.2 Å². The molecule has 1 aromatic heterocycles. The molecule has 1 aliphatic rings. The SMILES string of the molecule is CC(C)c1ncc(Cl)c(C(=O)N(C2CC2)C(C)C(=O)O)n1. The van der Waals surface area contributed by atoms with Crippen molar-refractivity contribution in [3.05, 3.63) is 22.7 Å². The van der Waals surface area contributed by atoms with E-state index in [1.807, 2.05) is 13.8 Å². The zero-order chi connectivity index (χ0) is 15.7. The van der Waals surface area contributed by atoms with Crippen LogP contribution in [0.3, 0.4) is 0 Å². The average molecular weight is 312 g/mol. The first-order valence-corrected chi connectivity index (χ1v) is 7.28. The first-order valence-electron chi connectivity index (χ1n) is 6.90. The number of nitrogens with zero attached hydrogens (tertiary/aromatic N) is 3. The summed E-state index contributed by atoms with van der Waals surface area (Å²) in [4.78, 5) is 33.5. The van der Waals surface area contributed by atoms with Gasteiger partial charge in [0.2, 0.25) is 0 Å². The van der Waals surface area contributed by atoms with Gasteiger partial charge in [-0.15, -0.1) is 0 Å². The van der Waals surface area contributed by atoms with Gasteiger partial charge >= 0.3 is 5.97 Å². The molecule has 1 aromatic rings. The Balaban J connectivity index is 2.37. The van der Waals surface area contributed by atoms with E-state index in [1.54, 1.807) is 0 Å². The largest absolute Gasteiger partial charge is 0.480 e. The van der Waals surface area contributed by atoms with Gasteiger partial charge in [0.1, 0.15) is 11.9 Å². The minimum atomic E-state index is -1.04. The molecule has 114 valence electrons. The highest BCUT2D eigenvalue weighted by Crippen LogP contribution is 2.31. The van der Waals surface area contributed by atoms with Crippen molar-refractivity contribution in [3.8, 4) is 0 Å². The molecule has 0 spiro atoms. The molecular formula is C14H18ClN3O3. The predicted octanol–water partition coefficient (Wildman–Crippen LogP) is 2.33. The summed E-state index contributed by atoms with van der Waals surface area (Å²) in [6, 6.07) is -0.948. The number of rotatable bonds is 5. The van der Waals surface area contributed by atoms with Gasteiger partial charge in [0, 0.05) is 12.0 Å². The molecule has 0 saturated heterocycles. The molecule has 1 N–H and O–H groups in total. The first-order chi connectivity index (χ1) is 9.82. The number of aromatic nitrogens is 2. The number of halogens is 1.